The zero-order chi connectivity index (χ0) is 16.4. The molecule has 4 rings (SSSR count). The van der Waals surface area contributed by atoms with E-state index in [0.717, 1.165) is 35.2 Å². The average Bonchev–Trinajstić information content (AvgIpc) is 3.33. The number of nitrogens with zero attached hydrogens (tertiary/aromatic N) is 4. The Hall–Kier alpha value is -2.54. The summed E-state index contributed by atoms with van der Waals surface area (Å²) in [7, 11) is 0. The highest BCUT2D eigenvalue weighted by Crippen LogP contribution is 2.29. The van der Waals surface area contributed by atoms with E-state index in [1.54, 1.807) is 11.8 Å². The molecule has 122 valence electrons. The molecule has 0 radical (unpaired) electrons. The Labute approximate surface area is 143 Å². The largest absolute Gasteiger partial charge is 0.411 e. The van der Waals surface area contributed by atoms with Crippen molar-refractivity contribution in [1.82, 2.24) is 25.0 Å². The fraction of sp³-hybridized carbons (Fsp3) is 0.235. The molecule has 0 bridgehead atoms. The first kappa shape index (κ1) is 15.0. The third kappa shape index (κ3) is 2.82. The fourth-order valence-electron chi connectivity index (χ4n) is 2.73. The van der Waals surface area contributed by atoms with Crippen molar-refractivity contribution in [3.63, 3.8) is 0 Å². The number of hydrogen-bond acceptors (Lipinski definition) is 5. The van der Waals surface area contributed by atoms with E-state index in [4.69, 9.17) is 4.42 Å². The topological polar surface area (TPSA) is 72.5 Å². The van der Waals surface area contributed by atoms with Crippen molar-refractivity contribution in [2.45, 2.75) is 25.1 Å². The van der Waals surface area contributed by atoms with Gasteiger partial charge in [0.1, 0.15) is 0 Å². The van der Waals surface area contributed by atoms with Gasteiger partial charge in [0.15, 0.2) is 0 Å². The molecular weight excluding hydrogens is 322 g/mol. The molecule has 0 aliphatic carbocycles. The molecule has 0 aliphatic heterocycles. The molecule has 0 aliphatic rings. The summed E-state index contributed by atoms with van der Waals surface area (Å²) >= 11 is 1.57. The minimum atomic E-state index is 0.550. The van der Waals surface area contributed by atoms with E-state index >= 15 is 0 Å². The van der Waals surface area contributed by atoms with Crippen LogP contribution in [0.15, 0.2) is 52.4 Å². The summed E-state index contributed by atoms with van der Waals surface area (Å²) in [6.07, 6.45) is 4.67. The SMILES string of the molecule is CCn1nccc1CCSc1nnc(-c2c[nH]c3ccccc23)o1. The van der Waals surface area contributed by atoms with Crippen molar-refractivity contribution in [1.29, 1.82) is 0 Å². The third-order valence-electron chi connectivity index (χ3n) is 3.91. The Balaban J connectivity index is 1.45. The van der Waals surface area contributed by atoms with Gasteiger partial charge in [-0.15, -0.1) is 10.2 Å². The van der Waals surface area contributed by atoms with Crippen LogP contribution in [0.2, 0.25) is 0 Å². The number of hydrogen-bond donors (Lipinski definition) is 1. The normalized spacial score (nSPS) is 11.4. The van der Waals surface area contributed by atoms with Gasteiger partial charge >= 0.3 is 0 Å². The molecule has 0 unspecified atom stereocenters. The van der Waals surface area contributed by atoms with E-state index in [-0.39, 0.29) is 0 Å². The lowest BCUT2D eigenvalue weighted by Crippen LogP contribution is -2.03. The van der Waals surface area contributed by atoms with Crippen LogP contribution < -0.4 is 0 Å². The second-order valence-electron chi connectivity index (χ2n) is 5.36. The highest BCUT2D eigenvalue weighted by Gasteiger charge is 2.13. The second kappa shape index (κ2) is 6.52. The van der Waals surface area contributed by atoms with Crippen LogP contribution in [0.25, 0.3) is 22.4 Å². The van der Waals surface area contributed by atoms with Gasteiger partial charge in [-0.25, -0.2) is 0 Å². The van der Waals surface area contributed by atoms with Gasteiger partial charge in [0.05, 0.1) is 5.56 Å². The first-order chi connectivity index (χ1) is 11.8. The summed E-state index contributed by atoms with van der Waals surface area (Å²) in [5, 5.41) is 14.3. The van der Waals surface area contributed by atoms with Crippen molar-refractivity contribution in [2.75, 3.05) is 5.75 Å². The maximum Gasteiger partial charge on any atom is 0.276 e. The summed E-state index contributed by atoms with van der Waals surface area (Å²) in [5.41, 5.74) is 3.23. The molecule has 0 amide bonds. The predicted molar refractivity (Wildman–Crippen MR) is 93.9 cm³/mol. The number of aromatic amines is 1. The van der Waals surface area contributed by atoms with Crippen LogP contribution >= 0.6 is 11.8 Å². The van der Waals surface area contributed by atoms with E-state index in [0.29, 0.717) is 11.1 Å². The summed E-state index contributed by atoms with van der Waals surface area (Å²) in [6.45, 7) is 2.98. The monoisotopic (exact) mass is 339 g/mol. The Morgan fingerprint density at radius 2 is 2.12 bits per heavy atom. The van der Waals surface area contributed by atoms with Gasteiger partial charge in [-0.3, -0.25) is 4.68 Å². The maximum absolute atomic E-state index is 5.81. The van der Waals surface area contributed by atoms with Crippen molar-refractivity contribution >= 4 is 22.7 Å². The molecule has 0 atom stereocenters. The molecule has 0 spiro atoms. The van der Waals surface area contributed by atoms with Crippen molar-refractivity contribution < 1.29 is 4.42 Å². The molecule has 4 aromatic rings. The summed E-state index contributed by atoms with van der Waals surface area (Å²) in [4.78, 5) is 3.23. The quantitative estimate of drug-likeness (QED) is 0.541. The van der Waals surface area contributed by atoms with Gasteiger partial charge in [-0.2, -0.15) is 5.10 Å². The molecule has 0 saturated heterocycles. The average molecular weight is 339 g/mol. The lowest BCUT2D eigenvalue weighted by molar-refractivity contribution is 0.466. The Bertz CT molecular complexity index is 955. The number of rotatable bonds is 6. The van der Waals surface area contributed by atoms with Crippen molar-refractivity contribution in [3.8, 4) is 11.5 Å². The first-order valence-corrected chi connectivity index (χ1v) is 8.87. The van der Waals surface area contributed by atoms with Crippen LogP contribution in [0.4, 0.5) is 0 Å². The lowest BCUT2D eigenvalue weighted by Gasteiger charge is -2.02. The maximum atomic E-state index is 5.81. The number of fused-ring (bicyclic) bond motifs is 1. The molecule has 1 N–H and O–H groups in total. The molecule has 7 heteroatoms. The molecule has 3 heterocycles. The predicted octanol–water partition coefficient (Wildman–Crippen LogP) is 3.77. The van der Waals surface area contributed by atoms with Gasteiger partial charge in [-0.1, -0.05) is 30.0 Å². The van der Waals surface area contributed by atoms with Crippen LogP contribution in [0, 0.1) is 0 Å². The van der Waals surface area contributed by atoms with Crippen LogP contribution in [0.1, 0.15) is 12.6 Å². The Kier molecular flexibility index (Phi) is 4.08. The van der Waals surface area contributed by atoms with Gasteiger partial charge in [0.2, 0.25) is 0 Å². The van der Waals surface area contributed by atoms with Crippen LogP contribution in [0.5, 0.6) is 0 Å². The summed E-state index contributed by atoms with van der Waals surface area (Å²) in [5.74, 6) is 1.43. The van der Waals surface area contributed by atoms with Crippen LogP contribution in [-0.2, 0) is 13.0 Å². The van der Waals surface area contributed by atoms with Gasteiger partial charge < -0.3 is 9.40 Å². The van der Waals surface area contributed by atoms with E-state index in [1.165, 1.54) is 5.69 Å². The van der Waals surface area contributed by atoms with E-state index in [9.17, 15) is 0 Å². The molecule has 1 aromatic carbocycles. The number of para-hydroxylation sites is 1. The van der Waals surface area contributed by atoms with Gasteiger partial charge in [-0.05, 0) is 25.5 Å². The van der Waals surface area contributed by atoms with E-state index < -0.39 is 0 Å². The van der Waals surface area contributed by atoms with Gasteiger partial charge in [0, 0.05) is 41.3 Å². The van der Waals surface area contributed by atoms with Crippen LogP contribution in [-0.4, -0.2) is 30.7 Å². The molecule has 0 fully saturated rings. The number of aryl methyl sites for hydroxylation is 2. The second-order valence-corrected chi connectivity index (χ2v) is 6.40. The highest BCUT2D eigenvalue weighted by atomic mass is 32.2. The molecular formula is C17H17N5OS. The lowest BCUT2D eigenvalue weighted by atomic mass is 10.2. The van der Waals surface area contributed by atoms with E-state index in [2.05, 4.69) is 33.3 Å². The summed E-state index contributed by atoms with van der Waals surface area (Å²) < 4.78 is 7.82. The van der Waals surface area contributed by atoms with E-state index in [1.807, 2.05) is 41.3 Å². The van der Waals surface area contributed by atoms with Crippen LogP contribution in [0.3, 0.4) is 0 Å². The minimum Gasteiger partial charge on any atom is -0.411 e. The zero-order valence-electron chi connectivity index (χ0n) is 13.3. The molecule has 0 saturated carbocycles. The first-order valence-electron chi connectivity index (χ1n) is 7.88. The fourth-order valence-corrected chi connectivity index (χ4v) is 3.45. The number of thioether (sulfide) groups is 1. The van der Waals surface area contributed by atoms with Gasteiger partial charge in [0.25, 0.3) is 11.1 Å². The number of benzene rings is 1. The Morgan fingerprint density at radius 3 is 3.04 bits per heavy atom. The summed E-state index contributed by atoms with van der Waals surface area (Å²) in [6, 6.07) is 10.1. The molecule has 24 heavy (non-hydrogen) atoms. The third-order valence-corrected chi connectivity index (χ3v) is 4.73. The number of H-pyrrole nitrogens is 1. The standard InChI is InChI=1S/C17H17N5OS/c1-2-22-12(7-9-19-22)8-10-24-17-21-20-16(23-17)14-11-18-15-6-4-3-5-13(14)15/h3-7,9,11,18H,2,8,10H2,1H3. The highest BCUT2D eigenvalue weighted by molar-refractivity contribution is 7.99. The molecule has 3 aromatic heterocycles. The smallest absolute Gasteiger partial charge is 0.276 e. The number of nitrogens with one attached hydrogen (secondary N) is 1. The molecule has 6 nitrogen and oxygen atoms in total. The Morgan fingerprint density at radius 1 is 1.21 bits per heavy atom. The zero-order valence-corrected chi connectivity index (χ0v) is 14.1. The van der Waals surface area contributed by atoms with Crippen molar-refractivity contribution in [3.05, 3.63) is 48.4 Å². The van der Waals surface area contributed by atoms with Crippen molar-refractivity contribution in [2.24, 2.45) is 0 Å². The number of aromatic nitrogens is 5. The minimum absolute atomic E-state index is 0.550.